The zero-order chi connectivity index (χ0) is 27.3. The molecule has 0 bridgehead atoms. The zero-order valence-corrected chi connectivity index (χ0v) is 22.6. The summed E-state index contributed by atoms with van der Waals surface area (Å²) in [4.78, 5) is 19.1. The van der Waals surface area contributed by atoms with E-state index in [1.165, 1.54) is 23.9 Å². The van der Waals surface area contributed by atoms with Crippen molar-refractivity contribution >= 4 is 40.2 Å². The SMILES string of the molecule is COc1ccc2ncc(Cl)c(CCCC3(C(=O)O)CCN(CCSc4ccccc4C(F)(F)F)CC3)c2c1. The summed E-state index contributed by atoms with van der Waals surface area (Å²) in [5, 5.41) is 11.6. The molecule has 204 valence electrons. The number of likely N-dealkylation sites (tertiary alicyclic amines) is 1. The van der Waals surface area contributed by atoms with E-state index in [2.05, 4.69) is 9.88 Å². The summed E-state index contributed by atoms with van der Waals surface area (Å²) in [5.74, 6) is 0.416. The van der Waals surface area contributed by atoms with E-state index in [4.69, 9.17) is 16.3 Å². The number of hydrogen-bond acceptors (Lipinski definition) is 5. The number of aromatic nitrogens is 1. The van der Waals surface area contributed by atoms with Crippen LogP contribution in [0.25, 0.3) is 10.9 Å². The Labute approximate surface area is 229 Å². The van der Waals surface area contributed by atoms with Crippen molar-refractivity contribution < 1.29 is 27.8 Å². The van der Waals surface area contributed by atoms with Crippen molar-refractivity contribution in [1.29, 1.82) is 0 Å². The van der Waals surface area contributed by atoms with Crippen molar-refractivity contribution in [3.8, 4) is 5.75 Å². The van der Waals surface area contributed by atoms with Gasteiger partial charge in [-0.1, -0.05) is 23.7 Å². The van der Waals surface area contributed by atoms with E-state index >= 15 is 0 Å². The fourth-order valence-corrected chi connectivity index (χ4v) is 6.40. The highest BCUT2D eigenvalue weighted by Crippen LogP contribution is 2.39. The first-order chi connectivity index (χ1) is 18.1. The highest BCUT2D eigenvalue weighted by molar-refractivity contribution is 7.99. The molecule has 4 rings (SSSR count). The molecule has 0 atom stereocenters. The number of ether oxygens (including phenoxy) is 1. The van der Waals surface area contributed by atoms with Gasteiger partial charge in [-0.25, -0.2) is 0 Å². The number of nitrogens with zero attached hydrogens (tertiary/aromatic N) is 2. The van der Waals surface area contributed by atoms with Gasteiger partial charge in [-0.2, -0.15) is 13.2 Å². The normalized spacial score (nSPS) is 16.0. The van der Waals surface area contributed by atoms with Gasteiger partial charge in [0.2, 0.25) is 0 Å². The first-order valence-corrected chi connectivity index (χ1v) is 13.9. The van der Waals surface area contributed by atoms with E-state index in [1.54, 1.807) is 19.4 Å². The number of carbonyl (C=O) groups is 1. The second-order valence-corrected chi connectivity index (χ2v) is 11.1. The molecule has 1 aliphatic rings. The van der Waals surface area contributed by atoms with Gasteiger partial charge < -0.3 is 14.7 Å². The van der Waals surface area contributed by atoms with Gasteiger partial charge in [-0.05, 0) is 81.1 Å². The number of rotatable bonds is 10. The van der Waals surface area contributed by atoms with Crippen molar-refractivity contribution in [1.82, 2.24) is 9.88 Å². The monoisotopic (exact) mass is 566 g/mol. The number of hydrogen-bond donors (Lipinski definition) is 1. The zero-order valence-electron chi connectivity index (χ0n) is 21.1. The topological polar surface area (TPSA) is 62.7 Å². The quantitative estimate of drug-likeness (QED) is 0.262. The molecule has 1 fully saturated rings. The highest BCUT2D eigenvalue weighted by atomic mass is 35.5. The van der Waals surface area contributed by atoms with Gasteiger partial charge in [0, 0.05) is 28.8 Å². The number of fused-ring (bicyclic) bond motifs is 1. The van der Waals surface area contributed by atoms with Gasteiger partial charge in [-0.3, -0.25) is 9.78 Å². The van der Waals surface area contributed by atoms with Crippen molar-refractivity contribution in [3.63, 3.8) is 0 Å². The Bertz CT molecular complexity index is 1280. The number of halogens is 4. The van der Waals surface area contributed by atoms with Crippen LogP contribution in [0.15, 0.2) is 53.6 Å². The third-order valence-corrected chi connectivity index (χ3v) is 8.72. The molecule has 0 amide bonds. The molecule has 2 aromatic carbocycles. The molecule has 3 aromatic rings. The van der Waals surface area contributed by atoms with Crippen LogP contribution in [0.5, 0.6) is 5.75 Å². The van der Waals surface area contributed by atoms with E-state index in [9.17, 15) is 23.1 Å². The van der Waals surface area contributed by atoms with Gasteiger partial charge in [-0.15, -0.1) is 11.8 Å². The number of aryl methyl sites for hydroxylation is 1. The number of methoxy groups -OCH3 is 1. The number of alkyl halides is 3. The van der Waals surface area contributed by atoms with Gasteiger partial charge in [0.15, 0.2) is 0 Å². The van der Waals surface area contributed by atoms with Gasteiger partial charge in [0.25, 0.3) is 0 Å². The third kappa shape index (κ3) is 6.55. The van der Waals surface area contributed by atoms with Crippen molar-refractivity contribution in [3.05, 3.63) is 64.8 Å². The fourth-order valence-electron chi connectivity index (χ4n) is 5.07. The molecule has 0 saturated carbocycles. The molecule has 1 N–H and O–H groups in total. The number of carboxylic acid groups (broad SMARTS) is 1. The molecule has 10 heteroatoms. The summed E-state index contributed by atoms with van der Waals surface area (Å²) >= 11 is 7.66. The molecule has 2 heterocycles. The van der Waals surface area contributed by atoms with Crippen LogP contribution in [0.4, 0.5) is 13.2 Å². The van der Waals surface area contributed by atoms with E-state index in [0.29, 0.717) is 68.3 Å². The molecule has 38 heavy (non-hydrogen) atoms. The molecule has 1 saturated heterocycles. The standard InChI is InChI=1S/C28H30ClF3N2O3S/c1-37-19-8-9-24-21(17-19)20(23(29)18-33-24)5-4-10-27(26(35)36)11-13-34(14-12-27)15-16-38-25-7-3-2-6-22(25)28(30,31)32/h2-3,6-9,17-18H,4-5,10-16H2,1H3,(H,35,36). The summed E-state index contributed by atoms with van der Waals surface area (Å²) < 4.78 is 45.1. The van der Waals surface area contributed by atoms with Crippen LogP contribution in [-0.2, 0) is 17.4 Å². The van der Waals surface area contributed by atoms with E-state index < -0.39 is 23.1 Å². The van der Waals surface area contributed by atoms with Crippen LogP contribution >= 0.6 is 23.4 Å². The maximum Gasteiger partial charge on any atom is 0.417 e. The molecule has 1 aliphatic heterocycles. The second kappa shape index (κ2) is 12.1. The minimum absolute atomic E-state index is 0.219. The number of piperidine rings is 1. The Morgan fingerprint density at radius 2 is 1.95 bits per heavy atom. The van der Waals surface area contributed by atoms with E-state index in [0.717, 1.165) is 22.5 Å². The Morgan fingerprint density at radius 3 is 2.63 bits per heavy atom. The first kappa shape index (κ1) is 28.5. The lowest BCUT2D eigenvalue weighted by molar-refractivity contribution is -0.152. The van der Waals surface area contributed by atoms with Crippen molar-refractivity contribution in [2.45, 2.75) is 43.2 Å². The van der Waals surface area contributed by atoms with Crippen molar-refractivity contribution in [2.24, 2.45) is 5.41 Å². The maximum absolute atomic E-state index is 13.2. The minimum atomic E-state index is -4.38. The van der Waals surface area contributed by atoms with Gasteiger partial charge >= 0.3 is 12.1 Å². The molecular weight excluding hydrogens is 537 g/mol. The smallest absolute Gasteiger partial charge is 0.417 e. The van der Waals surface area contributed by atoms with Crippen LogP contribution in [0, 0.1) is 5.41 Å². The largest absolute Gasteiger partial charge is 0.497 e. The molecule has 1 aromatic heterocycles. The number of pyridine rings is 1. The Hall–Kier alpha value is -2.49. The molecule has 0 spiro atoms. The molecule has 0 unspecified atom stereocenters. The summed E-state index contributed by atoms with van der Waals surface area (Å²) in [5.41, 5.74) is 0.306. The first-order valence-electron chi connectivity index (χ1n) is 12.5. The van der Waals surface area contributed by atoms with Crippen molar-refractivity contribution in [2.75, 3.05) is 32.5 Å². The van der Waals surface area contributed by atoms with Crippen LogP contribution in [0.3, 0.4) is 0 Å². The van der Waals surface area contributed by atoms with Gasteiger partial charge in [0.1, 0.15) is 5.75 Å². The molecule has 0 aliphatic carbocycles. The number of benzene rings is 2. The summed E-state index contributed by atoms with van der Waals surface area (Å²) in [7, 11) is 1.60. The van der Waals surface area contributed by atoms with E-state index in [1.807, 2.05) is 18.2 Å². The predicted molar refractivity (Wildman–Crippen MR) is 144 cm³/mol. The number of aliphatic carboxylic acids is 1. The lowest BCUT2D eigenvalue weighted by atomic mass is 9.74. The number of thioether (sulfide) groups is 1. The minimum Gasteiger partial charge on any atom is -0.497 e. The highest BCUT2D eigenvalue weighted by Gasteiger charge is 2.41. The predicted octanol–water partition coefficient (Wildman–Crippen LogP) is 7.20. The number of carboxylic acids is 1. The second-order valence-electron chi connectivity index (χ2n) is 9.59. The van der Waals surface area contributed by atoms with Gasteiger partial charge in [0.05, 0.1) is 28.6 Å². The lowest BCUT2D eigenvalue weighted by Crippen LogP contribution is -2.45. The Balaban J connectivity index is 1.33. The molecule has 5 nitrogen and oxygen atoms in total. The molecular formula is C28H30ClF3N2O3S. The van der Waals surface area contributed by atoms with Crippen LogP contribution in [0.1, 0.15) is 36.8 Å². The van der Waals surface area contributed by atoms with Crippen LogP contribution in [-0.4, -0.2) is 53.5 Å². The average molecular weight is 567 g/mol. The summed E-state index contributed by atoms with van der Waals surface area (Å²) in [6.07, 6.45) is 0.0614. The molecule has 0 radical (unpaired) electrons. The third-order valence-electron chi connectivity index (χ3n) is 7.34. The Kier molecular flexibility index (Phi) is 9.11. The Morgan fingerprint density at radius 1 is 1.21 bits per heavy atom. The van der Waals surface area contributed by atoms with Crippen LogP contribution < -0.4 is 4.74 Å². The fraction of sp³-hybridized carbons (Fsp3) is 0.429. The van der Waals surface area contributed by atoms with E-state index in [-0.39, 0.29) is 4.90 Å². The lowest BCUT2D eigenvalue weighted by Gasteiger charge is -2.39. The summed E-state index contributed by atoms with van der Waals surface area (Å²) in [6.45, 7) is 1.81. The maximum atomic E-state index is 13.2. The van der Waals surface area contributed by atoms with Crippen LogP contribution in [0.2, 0.25) is 5.02 Å². The average Bonchev–Trinajstić information content (AvgIpc) is 2.90. The summed E-state index contributed by atoms with van der Waals surface area (Å²) in [6, 6.07) is 11.2.